The Morgan fingerprint density at radius 1 is 1.71 bits per heavy atom. The van der Waals surface area contributed by atoms with Crippen LogP contribution in [0.25, 0.3) is 0 Å². The average molecular weight is 282 g/mol. The second-order valence-electron chi connectivity index (χ2n) is 2.78. The maximum atomic E-state index is 11.5. The van der Waals surface area contributed by atoms with Crippen LogP contribution in [0.4, 0.5) is 0 Å². The third-order valence-corrected chi connectivity index (χ3v) is 4.03. The molecular formula is C7H12BrN3O2S. The summed E-state index contributed by atoms with van der Waals surface area (Å²) >= 11 is 3.34. The molecule has 0 aromatic carbocycles. The summed E-state index contributed by atoms with van der Waals surface area (Å²) in [5.41, 5.74) is 0. The normalized spacial score (nSPS) is 14.1. The van der Waals surface area contributed by atoms with Crippen LogP contribution >= 0.6 is 15.9 Å². The van der Waals surface area contributed by atoms with Crippen molar-refractivity contribution in [3.63, 3.8) is 0 Å². The first-order chi connectivity index (χ1) is 6.56. The highest BCUT2D eigenvalue weighted by Crippen LogP contribution is 2.06. The van der Waals surface area contributed by atoms with Gasteiger partial charge in [-0.15, -0.1) is 0 Å². The van der Waals surface area contributed by atoms with Crippen LogP contribution < -0.4 is 4.72 Å². The Morgan fingerprint density at radius 2 is 2.43 bits per heavy atom. The van der Waals surface area contributed by atoms with Crippen molar-refractivity contribution in [3.8, 4) is 0 Å². The van der Waals surface area contributed by atoms with Crippen molar-refractivity contribution in [1.82, 2.24) is 14.9 Å². The number of H-pyrrole nitrogens is 1. The van der Waals surface area contributed by atoms with Crippen molar-refractivity contribution in [1.29, 1.82) is 0 Å². The highest BCUT2D eigenvalue weighted by molar-refractivity contribution is 9.09. The minimum atomic E-state index is -3.42. The molecule has 80 valence electrons. The molecule has 0 amide bonds. The van der Waals surface area contributed by atoms with Gasteiger partial charge in [-0.05, 0) is 12.5 Å². The fourth-order valence-corrected chi connectivity index (χ4v) is 2.18. The van der Waals surface area contributed by atoms with Crippen LogP contribution in [-0.2, 0) is 10.0 Å². The lowest BCUT2D eigenvalue weighted by Gasteiger charge is -2.07. The lowest BCUT2D eigenvalue weighted by molar-refractivity contribution is 0.575. The highest BCUT2D eigenvalue weighted by Gasteiger charge is 2.15. The van der Waals surface area contributed by atoms with Gasteiger partial charge in [0, 0.05) is 11.4 Å². The Balaban J connectivity index is 2.60. The Kier molecular flexibility index (Phi) is 4.09. The molecule has 1 unspecified atom stereocenters. The molecule has 0 radical (unpaired) electrons. The van der Waals surface area contributed by atoms with Gasteiger partial charge in [0.15, 0.2) is 5.03 Å². The molecule has 0 saturated carbocycles. The largest absolute Gasteiger partial charge is 0.266 e. The number of sulfonamides is 1. The van der Waals surface area contributed by atoms with E-state index < -0.39 is 10.0 Å². The Hall–Kier alpha value is -0.400. The Labute approximate surface area is 91.5 Å². The predicted molar refractivity (Wildman–Crippen MR) is 56.8 cm³/mol. The fraction of sp³-hybridized carbons (Fsp3) is 0.571. The molecule has 14 heavy (non-hydrogen) atoms. The van der Waals surface area contributed by atoms with Crippen LogP contribution in [0, 0.1) is 0 Å². The van der Waals surface area contributed by atoms with Crippen LogP contribution in [0.15, 0.2) is 17.3 Å². The van der Waals surface area contributed by atoms with E-state index in [1.54, 1.807) is 0 Å². The van der Waals surface area contributed by atoms with Gasteiger partial charge >= 0.3 is 0 Å². The topological polar surface area (TPSA) is 74.8 Å². The van der Waals surface area contributed by atoms with Crippen LogP contribution in [0.1, 0.15) is 13.3 Å². The monoisotopic (exact) mass is 281 g/mol. The van der Waals surface area contributed by atoms with Gasteiger partial charge in [0.25, 0.3) is 10.0 Å². The number of aromatic nitrogens is 2. The summed E-state index contributed by atoms with van der Waals surface area (Å²) in [4.78, 5) is 0.153. The smallest absolute Gasteiger partial charge is 0.257 e. The number of nitrogens with one attached hydrogen (secondary N) is 2. The van der Waals surface area contributed by atoms with Gasteiger partial charge in [-0.1, -0.05) is 22.9 Å². The molecule has 0 saturated heterocycles. The summed E-state index contributed by atoms with van der Waals surface area (Å²) < 4.78 is 25.5. The number of alkyl halides is 1. The summed E-state index contributed by atoms with van der Waals surface area (Å²) in [7, 11) is -3.42. The van der Waals surface area contributed by atoms with E-state index in [0.29, 0.717) is 6.54 Å². The van der Waals surface area contributed by atoms with Crippen molar-refractivity contribution in [3.05, 3.63) is 12.3 Å². The summed E-state index contributed by atoms with van der Waals surface area (Å²) in [5.74, 6) is 0. The summed E-state index contributed by atoms with van der Waals surface area (Å²) in [5, 5.41) is 6.07. The average Bonchev–Trinajstić information content (AvgIpc) is 2.67. The van der Waals surface area contributed by atoms with Gasteiger partial charge in [-0.3, -0.25) is 5.10 Å². The Bertz CT molecular complexity index is 362. The third kappa shape index (κ3) is 3.07. The first-order valence-electron chi connectivity index (χ1n) is 4.19. The predicted octanol–water partition coefficient (Wildman–Crippen LogP) is 0.861. The van der Waals surface area contributed by atoms with Crippen molar-refractivity contribution >= 4 is 26.0 Å². The molecule has 7 heteroatoms. The molecule has 0 bridgehead atoms. The van der Waals surface area contributed by atoms with Gasteiger partial charge in [0.1, 0.15) is 0 Å². The first-order valence-corrected chi connectivity index (χ1v) is 6.59. The van der Waals surface area contributed by atoms with Crippen molar-refractivity contribution in [2.24, 2.45) is 0 Å². The van der Waals surface area contributed by atoms with E-state index >= 15 is 0 Å². The second-order valence-corrected chi connectivity index (χ2v) is 5.81. The third-order valence-electron chi connectivity index (χ3n) is 1.70. The Morgan fingerprint density at radius 3 is 2.93 bits per heavy atom. The van der Waals surface area contributed by atoms with Gasteiger partial charge in [0.05, 0.1) is 6.20 Å². The molecule has 1 aromatic heterocycles. The van der Waals surface area contributed by atoms with Crippen LogP contribution in [0.2, 0.25) is 0 Å². The molecule has 0 spiro atoms. The first kappa shape index (κ1) is 11.7. The molecule has 2 N–H and O–H groups in total. The van der Waals surface area contributed by atoms with Gasteiger partial charge < -0.3 is 0 Å². The van der Waals surface area contributed by atoms with E-state index in [2.05, 4.69) is 30.8 Å². The van der Waals surface area contributed by atoms with Crippen molar-refractivity contribution in [2.45, 2.75) is 23.2 Å². The van der Waals surface area contributed by atoms with E-state index in [0.717, 1.165) is 6.42 Å². The van der Waals surface area contributed by atoms with E-state index in [-0.39, 0.29) is 9.85 Å². The number of hydrogen-bond acceptors (Lipinski definition) is 3. The maximum Gasteiger partial charge on any atom is 0.257 e. The summed E-state index contributed by atoms with van der Waals surface area (Å²) in [6.07, 6.45) is 2.27. The molecular weight excluding hydrogens is 270 g/mol. The van der Waals surface area contributed by atoms with Gasteiger partial charge in [-0.25, -0.2) is 13.1 Å². The second kappa shape index (κ2) is 4.90. The number of rotatable bonds is 5. The standard InChI is InChI=1S/C7H12BrN3O2S/c1-2-6(8)5-10-14(12,13)7-3-4-9-11-7/h3-4,6,10H,2,5H2,1H3,(H,9,11). The maximum absolute atomic E-state index is 11.5. The highest BCUT2D eigenvalue weighted by atomic mass is 79.9. The molecule has 5 nitrogen and oxygen atoms in total. The van der Waals surface area contributed by atoms with E-state index in [1.165, 1.54) is 12.3 Å². The minimum absolute atomic E-state index is 0.0910. The molecule has 0 aliphatic carbocycles. The quantitative estimate of drug-likeness (QED) is 0.787. The molecule has 1 heterocycles. The SMILES string of the molecule is CCC(Br)CNS(=O)(=O)c1ccn[nH]1. The fourth-order valence-electron chi connectivity index (χ4n) is 0.815. The lowest BCUT2D eigenvalue weighted by atomic mass is 10.3. The zero-order valence-electron chi connectivity index (χ0n) is 7.70. The number of nitrogens with zero attached hydrogens (tertiary/aromatic N) is 1. The van der Waals surface area contributed by atoms with Crippen LogP contribution in [0.3, 0.4) is 0 Å². The molecule has 0 aliphatic rings. The zero-order valence-corrected chi connectivity index (χ0v) is 10.1. The number of hydrogen-bond donors (Lipinski definition) is 2. The van der Waals surface area contributed by atoms with E-state index in [1.807, 2.05) is 6.92 Å². The molecule has 1 aromatic rings. The van der Waals surface area contributed by atoms with Gasteiger partial charge in [0.2, 0.25) is 0 Å². The summed E-state index contributed by atoms with van der Waals surface area (Å²) in [6, 6.07) is 1.41. The lowest BCUT2D eigenvalue weighted by Crippen LogP contribution is -2.29. The van der Waals surface area contributed by atoms with Gasteiger partial charge in [-0.2, -0.15) is 5.10 Å². The number of aromatic amines is 1. The van der Waals surface area contributed by atoms with Crippen molar-refractivity contribution in [2.75, 3.05) is 6.54 Å². The van der Waals surface area contributed by atoms with E-state index in [9.17, 15) is 8.42 Å². The molecule has 0 fully saturated rings. The van der Waals surface area contributed by atoms with Crippen LogP contribution in [0.5, 0.6) is 0 Å². The van der Waals surface area contributed by atoms with E-state index in [4.69, 9.17) is 0 Å². The van der Waals surface area contributed by atoms with Crippen molar-refractivity contribution < 1.29 is 8.42 Å². The molecule has 0 aliphatic heterocycles. The number of halogens is 1. The zero-order chi connectivity index (χ0) is 10.6. The minimum Gasteiger partial charge on any atom is -0.266 e. The molecule has 1 atom stereocenters. The summed E-state index contributed by atoms with van der Waals surface area (Å²) in [6.45, 7) is 2.35. The molecule has 1 rings (SSSR count). The van der Waals surface area contributed by atoms with Crippen LogP contribution in [-0.4, -0.2) is 30.0 Å².